The molecule has 1 aromatic carbocycles. The van der Waals surface area contributed by atoms with Gasteiger partial charge >= 0.3 is 5.97 Å². The van der Waals surface area contributed by atoms with Crippen molar-refractivity contribution in [3.63, 3.8) is 0 Å². The highest BCUT2D eigenvalue weighted by atomic mass is 32.2. The van der Waals surface area contributed by atoms with Gasteiger partial charge in [-0.05, 0) is 43.2 Å². The fourth-order valence-corrected chi connectivity index (χ4v) is 4.43. The van der Waals surface area contributed by atoms with Crippen molar-refractivity contribution < 1.29 is 23.5 Å². The zero-order valence-corrected chi connectivity index (χ0v) is 16.7. The number of amides is 2. The Balaban J connectivity index is 1.60. The molecule has 1 N–H and O–H groups in total. The number of hydrogen-bond donors (Lipinski definition) is 1. The van der Waals surface area contributed by atoms with Crippen molar-refractivity contribution in [2.45, 2.75) is 32.2 Å². The molecule has 1 saturated heterocycles. The number of nitrogens with zero attached hydrogens (tertiary/aromatic N) is 1. The highest BCUT2D eigenvalue weighted by Crippen LogP contribution is 2.41. The van der Waals surface area contributed by atoms with E-state index in [9.17, 15) is 14.4 Å². The second kappa shape index (κ2) is 8.52. The van der Waals surface area contributed by atoms with Gasteiger partial charge in [0.25, 0.3) is 5.91 Å². The normalized spacial score (nSPS) is 18.8. The second-order valence-corrected chi connectivity index (χ2v) is 7.73. The molecule has 28 heavy (non-hydrogen) atoms. The Morgan fingerprint density at radius 2 is 2.07 bits per heavy atom. The topological polar surface area (TPSA) is 88.8 Å². The Bertz CT molecular complexity index is 881. The molecule has 7 nitrogen and oxygen atoms in total. The van der Waals surface area contributed by atoms with E-state index in [2.05, 4.69) is 5.32 Å². The largest absolute Gasteiger partial charge is 0.466 e. The average molecular weight is 402 g/mol. The summed E-state index contributed by atoms with van der Waals surface area (Å²) in [5.41, 5.74) is 2.61. The summed E-state index contributed by atoms with van der Waals surface area (Å²) < 4.78 is 10.6. The van der Waals surface area contributed by atoms with Gasteiger partial charge in [0, 0.05) is 18.4 Å². The number of thioether (sulfide) groups is 1. The van der Waals surface area contributed by atoms with Gasteiger partial charge in [-0.15, -0.1) is 11.8 Å². The van der Waals surface area contributed by atoms with Crippen LogP contribution in [-0.2, 0) is 19.1 Å². The van der Waals surface area contributed by atoms with Crippen LogP contribution in [0.3, 0.4) is 0 Å². The lowest BCUT2D eigenvalue weighted by molar-refractivity contribution is -0.155. The monoisotopic (exact) mass is 402 g/mol. The number of carbonyl (C=O) groups is 3. The lowest BCUT2D eigenvalue weighted by Gasteiger charge is -2.25. The first kappa shape index (κ1) is 20.0. The smallest absolute Gasteiger partial charge is 0.330 e. The number of carbonyl (C=O) groups excluding carboxylic acids is 3. The molecular formula is C20H22N2O5S. The minimum Gasteiger partial charge on any atom is -0.466 e. The van der Waals surface area contributed by atoms with E-state index in [0.717, 1.165) is 11.1 Å². The number of furan rings is 1. The van der Waals surface area contributed by atoms with Gasteiger partial charge in [-0.25, -0.2) is 4.79 Å². The molecule has 1 aromatic heterocycles. The van der Waals surface area contributed by atoms with Crippen molar-refractivity contribution in [3.8, 4) is 0 Å². The van der Waals surface area contributed by atoms with Crippen LogP contribution in [0.25, 0.3) is 0 Å². The zero-order valence-electron chi connectivity index (χ0n) is 15.9. The number of aryl methyl sites for hydroxylation is 2. The van der Waals surface area contributed by atoms with Gasteiger partial charge in [0.05, 0.1) is 6.26 Å². The molecule has 1 fully saturated rings. The predicted octanol–water partition coefficient (Wildman–Crippen LogP) is 3.04. The van der Waals surface area contributed by atoms with Crippen LogP contribution in [0.5, 0.6) is 0 Å². The van der Waals surface area contributed by atoms with Crippen molar-refractivity contribution in [2.75, 3.05) is 17.7 Å². The molecule has 0 bridgehead atoms. The molecule has 2 heterocycles. The highest BCUT2D eigenvalue weighted by molar-refractivity contribution is 7.99. The lowest BCUT2D eigenvalue weighted by atomic mass is 10.1. The van der Waals surface area contributed by atoms with Crippen LogP contribution in [-0.4, -0.2) is 41.1 Å². The molecule has 3 rings (SSSR count). The molecule has 2 amide bonds. The fraction of sp³-hybridized carbons (Fsp3) is 0.350. The molecule has 148 valence electrons. The standard InChI is InChI=1S/C20H22N2O5S/c1-12-6-7-13(2)15(9-12)21-18(24)10-27-20(25)16-11-28-19(22(16)14(3)23)17-5-4-8-26-17/h4-9,16,19H,10-11H2,1-3H3,(H,21,24)/t16-,19+/m0/s1. The second-order valence-electron chi connectivity index (χ2n) is 6.62. The van der Waals surface area contributed by atoms with Crippen molar-refractivity contribution in [1.82, 2.24) is 4.90 Å². The number of benzene rings is 1. The Morgan fingerprint density at radius 3 is 2.75 bits per heavy atom. The summed E-state index contributed by atoms with van der Waals surface area (Å²) in [6, 6.07) is 8.46. The average Bonchev–Trinajstić information content (AvgIpc) is 3.31. The molecule has 2 atom stereocenters. The predicted molar refractivity (Wildman–Crippen MR) is 106 cm³/mol. The van der Waals surface area contributed by atoms with E-state index in [1.807, 2.05) is 32.0 Å². The number of hydrogen-bond acceptors (Lipinski definition) is 6. The van der Waals surface area contributed by atoms with E-state index in [4.69, 9.17) is 9.15 Å². The first-order chi connectivity index (χ1) is 13.4. The molecule has 0 saturated carbocycles. The number of esters is 1. The van der Waals surface area contributed by atoms with Crippen LogP contribution in [0.2, 0.25) is 0 Å². The van der Waals surface area contributed by atoms with Gasteiger partial charge in [0.2, 0.25) is 5.91 Å². The van der Waals surface area contributed by atoms with E-state index in [0.29, 0.717) is 17.2 Å². The Morgan fingerprint density at radius 1 is 1.29 bits per heavy atom. The van der Waals surface area contributed by atoms with Crippen molar-refractivity contribution >= 4 is 35.2 Å². The molecular weight excluding hydrogens is 380 g/mol. The molecule has 1 aliphatic heterocycles. The molecule has 8 heteroatoms. The Kier molecular flexibility index (Phi) is 6.08. The van der Waals surface area contributed by atoms with Crippen molar-refractivity contribution in [1.29, 1.82) is 0 Å². The van der Waals surface area contributed by atoms with Gasteiger partial charge in [0.15, 0.2) is 6.61 Å². The van der Waals surface area contributed by atoms with Crippen LogP contribution < -0.4 is 5.32 Å². The van der Waals surface area contributed by atoms with Crippen LogP contribution in [0, 0.1) is 13.8 Å². The minimum absolute atomic E-state index is 0.256. The number of ether oxygens (including phenoxy) is 1. The van der Waals surface area contributed by atoms with Gasteiger partial charge in [-0.1, -0.05) is 12.1 Å². The van der Waals surface area contributed by atoms with Crippen LogP contribution in [0.1, 0.15) is 29.2 Å². The Hall–Kier alpha value is -2.74. The summed E-state index contributed by atoms with van der Waals surface area (Å²) in [5, 5.41) is 2.36. The third-order valence-corrected chi connectivity index (χ3v) is 5.72. The minimum atomic E-state index is -0.758. The van der Waals surface area contributed by atoms with Gasteiger partial charge in [-0.3, -0.25) is 9.59 Å². The van der Waals surface area contributed by atoms with E-state index < -0.39 is 24.5 Å². The maximum atomic E-state index is 12.5. The lowest BCUT2D eigenvalue weighted by Crippen LogP contribution is -2.43. The third kappa shape index (κ3) is 4.39. The van der Waals surface area contributed by atoms with Crippen LogP contribution >= 0.6 is 11.8 Å². The van der Waals surface area contributed by atoms with Crippen LogP contribution in [0.4, 0.5) is 5.69 Å². The summed E-state index contributed by atoms with van der Waals surface area (Å²) in [7, 11) is 0. The van der Waals surface area contributed by atoms with Gasteiger partial charge < -0.3 is 19.4 Å². The number of nitrogens with one attached hydrogen (secondary N) is 1. The molecule has 0 spiro atoms. The van der Waals surface area contributed by atoms with Gasteiger partial charge in [0.1, 0.15) is 17.2 Å². The third-order valence-electron chi connectivity index (χ3n) is 4.44. The van der Waals surface area contributed by atoms with E-state index in [1.54, 1.807) is 12.1 Å². The first-order valence-corrected chi connectivity index (χ1v) is 9.89. The molecule has 0 unspecified atom stereocenters. The SMILES string of the molecule is CC(=O)N1[C@@H](c2ccco2)SC[C@H]1C(=O)OCC(=O)Nc1cc(C)ccc1C. The maximum absolute atomic E-state index is 12.5. The zero-order chi connectivity index (χ0) is 20.3. The number of anilines is 1. The quantitative estimate of drug-likeness (QED) is 0.774. The van der Waals surface area contributed by atoms with Gasteiger partial charge in [-0.2, -0.15) is 0 Å². The van der Waals surface area contributed by atoms with E-state index >= 15 is 0 Å². The highest BCUT2D eigenvalue weighted by Gasteiger charge is 2.43. The molecule has 0 radical (unpaired) electrons. The fourth-order valence-electron chi connectivity index (χ4n) is 3.01. The first-order valence-electron chi connectivity index (χ1n) is 8.84. The van der Waals surface area contributed by atoms with Crippen molar-refractivity contribution in [2.24, 2.45) is 0 Å². The molecule has 2 aromatic rings. The van der Waals surface area contributed by atoms with Crippen molar-refractivity contribution in [3.05, 3.63) is 53.5 Å². The van der Waals surface area contributed by atoms with E-state index in [-0.39, 0.29) is 11.3 Å². The summed E-state index contributed by atoms with van der Waals surface area (Å²) >= 11 is 1.42. The summed E-state index contributed by atoms with van der Waals surface area (Å²) in [4.78, 5) is 38.2. The molecule has 1 aliphatic rings. The molecule has 0 aliphatic carbocycles. The maximum Gasteiger partial charge on any atom is 0.330 e. The summed E-state index contributed by atoms with van der Waals surface area (Å²) in [6.45, 7) is 4.80. The van der Waals surface area contributed by atoms with E-state index in [1.165, 1.54) is 29.8 Å². The Labute approximate surface area is 167 Å². The number of rotatable bonds is 5. The summed E-state index contributed by atoms with van der Waals surface area (Å²) in [5.74, 6) is -0.309. The van der Waals surface area contributed by atoms with Crippen LogP contribution in [0.15, 0.2) is 41.0 Å². The summed E-state index contributed by atoms with van der Waals surface area (Å²) in [6.07, 6.45) is 1.53.